The Bertz CT molecular complexity index is 89.1. The Hall–Kier alpha value is 0.620. The third-order valence-corrected chi connectivity index (χ3v) is 4.31. The van der Waals surface area contributed by atoms with E-state index in [1.807, 2.05) is 21.6 Å². The van der Waals surface area contributed by atoms with Crippen molar-refractivity contribution in [3.63, 3.8) is 0 Å². The topological polar surface area (TPSA) is 52.0 Å². The molecule has 0 fully saturated rings. The van der Waals surface area contributed by atoms with Gasteiger partial charge in [0.25, 0.3) is 0 Å². The monoisotopic (exact) mass is 208 g/mol. The average Bonchev–Trinajstić information content (AvgIpc) is 2.11. The van der Waals surface area contributed by atoms with Crippen LogP contribution in [-0.2, 0) is 0 Å². The maximum Gasteiger partial charge on any atom is 0.0189 e. The van der Waals surface area contributed by atoms with Crippen LogP contribution in [0, 0.1) is 0 Å². The van der Waals surface area contributed by atoms with Crippen LogP contribution in [0.25, 0.3) is 0 Å². The molecular weight excluding hydrogens is 188 g/mol. The third kappa shape index (κ3) is 7.28. The van der Waals surface area contributed by atoms with Crippen LogP contribution in [0.3, 0.4) is 0 Å². The van der Waals surface area contributed by atoms with Gasteiger partial charge in [-0.25, -0.2) is 0 Å². The molecule has 0 radical (unpaired) electrons. The molecule has 0 aliphatic heterocycles. The van der Waals surface area contributed by atoms with Crippen LogP contribution in [0.2, 0.25) is 0 Å². The van der Waals surface area contributed by atoms with Crippen LogP contribution < -0.4 is 11.5 Å². The van der Waals surface area contributed by atoms with E-state index in [1.54, 1.807) is 0 Å². The van der Waals surface area contributed by atoms with Gasteiger partial charge in [0, 0.05) is 23.6 Å². The molecule has 2 unspecified atom stereocenters. The van der Waals surface area contributed by atoms with E-state index in [1.165, 1.54) is 0 Å². The number of rotatable bonds is 7. The Balaban J connectivity index is 3.10. The molecule has 0 aromatic carbocycles. The van der Waals surface area contributed by atoms with Gasteiger partial charge in [0.2, 0.25) is 0 Å². The molecule has 74 valence electrons. The lowest BCUT2D eigenvalue weighted by atomic mass is 10.3. The smallest absolute Gasteiger partial charge is 0.0189 e. The SMILES string of the molecule is CCC(N)CSSCC(N)CC. The second-order valence-corrected chi connectivity index (χ2v) is 5.46. The van der Waals surface area contributed by atoms with Crippen molar-refractivity contribution in [3.05, 3.63) is 0 Å². The van der Waals surface area contributed by atoms with E-state index < -0.39 is 0 Å². The van der Waals surface area contributed by atoms with E-state index in [4.69, 9.17) is 11.5 Å². The second kappa shape index (κ2) is 8.23. The molecule has 0 spiro atoms. The lowest BCUT2D eigenvalue weighted by Gasteiger charge is -2.09. The van der Waals surface area contributed by atoms with Crippen molar-refractivity contribution in [1.29, 1.82) is 0 Å². The van der Waals surface area contributed by atoms with Crippen molar-refractivity contribution in [2.45, 2.75) is 38.8 Å². The van der Waals surface area contributed by atoms with E-state index in [9.17, 15) is 0 Å². The van der Waals surface area contributed by atoms with Crippen molar-refractivity contribution in [1.82, 2.24) is 0 Å². The first-order chi connectivity index (χ1) is 5.70. The highest BCUT2D eigenvalue weighted by Gasteiger charge is 2.01. The van der Waals surface area contributed by atoms with Crippen molar-refractivity contribution in [3.8, 4) is 0 Å². The first-order valence-electron chi connectivity index (χ1n) is 4.46. The second-order valence-electron chi connectivity index (χ2n) is 2.91. The highest BCUT2D eigenvalue weighted by atomic mass is 33.1. The summed E-state index contributed by atoms with van der Waals surface area (Å²) < 4.78 is 0. The molecule has 0 aromatic rings. The van der Waals surface area contributed by atoms with Crippen LogP contribution in [0.1, 0.15) is 26.7 Å². The van der Waals surface area contributed by atoms with Gasteiger partial charge in [0.05, 0.1) is 0 Å². The first kappa shape index (κ1) is 12.6. The minimum atomic E-state index is 0.348. The predicted molar refractivity (Wildman–Crippen MR) is 61.4 cm³/mol. The fraction of sp³-hybridized carbons (Fsp3) is 1.00. The normalized spacial score (nSPS) is 16.0. The summed E-state index contributed by atoms with van der Waals surface area (Å²) in [6, 6.07) is 0.695. The minimum Gasteiger partial charge on any atom is -0.327 e. The van der Waals surface area contributed by atoms with E-state index in [0.717, 1.165) is 24.3 Å². The predicted octanol–water partition coefficient (Wildman–Crippen LogP) is 1.84. The fourth-order valence-corrected chi connectivity index (χ4v) is 3.15. The van der Waals surface area contributed by atoms with Crippen molar-refractivity contribution in [2.24, 2.45) is 11.5 Å². The van der Waals surface area contributed by atoms with Crippen LogP contribution >= 0.6 is 21.6 Å². The quantitative estimate of drug-likeness (QED) is 0.495. The molecule has 4 N–H and O–H groups in total. The summed E-state index contributed by atoms with van der Waals surface area (Å²) in [5.41, 5.74) is 11.5. The molecule has 0 aliphatic carbocycles. The molecule has 0 saturated carbocycles. The van der Waals surface area contributed by atoms with E-state index in [2.05, 4.69) is 13.8 Å². The highest BCUT2D eigenvalue weighted by Crippen LogP contribution is 2.22. The third-order valence-electron chi connectivity index (χ3n) is 1.70. The molecule has 0 amide bonds. The summed E-state index contributed by atoms with van der Waals surface area (Å²) in [5.74, 6) is 2.08. The first-order valence-corrected chi connectivity index (χ1v) is 6.95. The standard InChI is InChI=1S/C8H20N2S2/c1-3-7(9)5-11-12-6-8(10)4-2/h7-8H,3-6,9-10H2,1-2H3. The molecule has 0 bridgehead atoms. The molecule has 4 heteroatoms. The van der Waals surface area contributed by atoms with Gasteiger partial charge in [-0.3, -0.25) is 0 Å². The molecule has 0 heterocycles. The summed E-state index contributed by atoms with van der Waals surface area (Å²) in [4.78, 5) is 0. The summed E-state index contributed by atoms with van der Waals surface area (Å²) in [7, 11) is 3.68. The number of nitrogens with two attached hydrogens (primary N) is 2. The van der Waals surface area contributed by atoms with Crippen molar-refractivity contribution < 1.29 is 0 Å². The van der Waals surface area contributed by atoms with Crippen molar-refractivity contribution in [2.75, 3.05) is 11.5 Å². The van der Waals surface area contributed by atoms with Crippen molar-refractivity contribution >= 4 is 21.6 Å². The molecule has 12 heavy (non-hydrogen) atoms. The Morgan fingerprint density at radius 1 is 0.917 bits per heavy atom. The van der Waals surface area contributed by atoms with Crippen LogP contribution in [0.15, 0.2) is 0 Å². The van der Waals surface area contributed by atoms with E-state index >= 15 is 0 Å². The van der Waals surface area contributed by atoms with E-state index in [0.29, 0.717) is 12.1 Å². The van der Waals surface area contributed by atoms with Gasteiger partial charge >= 0.3 is 0 Å². The molecule has 2 atom stereocenters. The van der Waals surface area contributed by atoms with Crippen LogP contribution in [0.5, 0.6) is 0 Å². The highest BCUT2D eigenvalue weighted by molar-refractivity contribution is 8.76. The summed E-state index contributed by atoms with van der Waals surface area (Å²) in [5, 5.41) is 0. The molecule has 0 aliphatic rings. The van der Waals surface area contributed by atoms with Crippen LogP contribution in [-0.4, -0.2) is 23.6 Å². The Kier molecular flexibility index (Phi) is 8.65. The zero-order valence-corrected chi connectivity index (χ0v) is 9.59. The van der Waals surface area contributed by atoms with Gasteiger partial charge in [0.15, 0.2) is 0 Å². The fourth-order valence-electron chi connectivity index (χ4n) is 0.507. The summed E-state index contributed by atoms with van der Waals surface area (Å²) in [6.45, 7) is 4.24. The molecular formula is C8H20N2S2. The van der Waals surface area contributed by atoms with E-state index in [-0.39, 0.29) is 0 Å². The lowest BCUT2D eigenvalue weighted by molar-refractivity contribution is 0.724. The average molecular weight is 208 g/mol. The molecule has 2 nitrogen and oxygen atoms in total. The maximum absolute atomic E-state index is 5.76. The Labute approximate surface area is 83.6 Å². The zero-order valence-electron chi connectivity index (χ0n) is 7.95. The molecule has 0 rings (SSSR count). The number of hydrogen-bond acceptors (Lipinski definition) is 4. The van der Waals surface area contributed by atoms with Gasteiger partial charge in [-0.2, -0.15) is 0 Å². The van der Waals surface area contributed by atoms with Gasteiger partial charge in [0.1, 0.15) is 0 Å². The number of hydrogen-bond donors (Lipinski definition) is 2. The minimum absolute atomic E-state index is 0.348. The Morgan fingerprint density at radius 2 is 1.25 bits per heavy atom. The molecule has 0 saturated heterocycles. The summed E-state index contributed by atoms with van der Waals surface area (Å²) >= 11 is 0. The largest absolute Gasteiger partial charge is 0.327 e. The molecule has 0 aromatic heterocycles. The van der Waals surface area contributed by atoms with Gasteiger partial charge in [-0.15, -0.1) is 0 Å². The van der Waals surface area contributed by atoms with Gasteiger partial charge < -0.3 is 11.5 Å². The van der Waals surface area contributed by atoms with Gasteiger partial charge in [-0.1, -0.05) is 35.4 Å². The lowest BCUT2D eigenvalue weighted by Crippen LogP contribution is -2.22. The zero-order chi connectivity index (χ0) is 9.40. The maximum atomic E-state index is 5.76. The van der Waals surface area contributed by atoms with Gasteiger partial charge in [-0.05, 0) is 12.8 Å². The summed E-state index contributed by atoms with van der Waals surface area (Å²) in [6.07, 6.45) is 2.13. The van der Waals surface area contributed by atoms with Crippen LogP contribution in [0.4, 0.5) is 0 Å². The Morgan fingerprint density at radius 3 is 1.50 bits per heavy atom.